The molecule has 2 heterocycles. The molecular weight excluding hydrogens is 372 g/mol. The van der Waals surface area contributed by atoms with Gasteiger partial charge >= 0.3 is 0 Å². The highest BCUT2D eigenvalue weighted by atomic mass is 16.3. The van der Waals surface area contributed by atoms with E-state index < -0.39 is 0 Å². The monoisotopic (exact) mass is 396 g/mol. The van der Waals surface area contributed by atoms with E-state index in [0.29, 0.717) is 13.1 Å². The number of aliphatic hydroxyl groups excluding tert-OH is 1. The third kappa shape index (κ3) is 3.43. The highest BCUT2D eigenvalue weighted by Crippen LogP contribution is 2.40. The second kappa shape index (κ2) is 8.22. The molecule has 0 spiro atoms. The van der Waals surface area contributed by atoms with Crippen molar-refractivity contribution in [2.45, 2.75) is 13.0 Å². The van der Waals surface area contributed by atoms with Crippen molar-refractivity contribution in [1.82, 2.24) is 15.3 Å². The third-order valence-electron chi connectivity index (χ3n) is 5.67. The highest BCUT2D eigenvalue weighted by Gasteiger charge is 2.25. The van der Waals surface area contributed by atoms with Gasteiger partial charge in [-0.3, -0.25) is 0 Å². The smallest absolute Gasteiger partial charge is 0.144 e. The molecule has 1 aliphatic heterocycles. The summed E-state index contributed by atoms with van der Waals surface area (Å²) in [6.45, 7) is 2.34. The number of hydrogen-bond acceptors (Lipinski definition) is 5. The van der Waals surface area contributed by atoms with Gasteiger partial charge in [0.25, 0.3) is 0 Å². The first-order valence-corrected chi connectivity index (χ1v) is 10.4. The number of aromatic nitrogens is 2. The van der Waals surface area contributed by atoms with Crippen LogP contribution in [0.15, 0.2) is 73.1 Å². The molecule has 0 fully saturated rings. The van der Waals surface area contributed by atoms with Crippen LogP contribution in [0, 0.1) is 0 Å². The Balaban J connectivity index is 1.52. The van der Waals surface area contributed by atoms with Crippen LogP contribution in [0.4, 0.5) is 11.5 Å². The van der Waals surface area contributed by atoms with Crippen LogP contribution in [-0.2, 0) is 13.0 Å². The van der Waals surface area contributed by atoms with Crippen LogP contribution in [0.5, 0.6) is 0 Å². The first-order chi connectivity index (χ1) is 14.8. The Morgan fingerprint density at radius 2 is 1.87 bits per heavy atom. The summed E-state index contributed by atoms with van der Waals surface area (Å²) < 4.78 is 0. The van der Waals surface area contributed by atoms with E-state index in [1.807, 2.05) is 0 Å². The summed E-state index contributed by atoms with van der Waals surface area (Å²) in [7, 11) is 0. The lowest BCUT2D eigenvalue weighted by Gasteiger charge is -2.20. The lowest BCUT2D eigenvalue weighted by atomic mass is 9.98. The highest BCUT2D eigenvalue weighted by molar-refractivity contribution is 5.93. The lowest BCUT2D eigenvalue weighted by molar-refractivity contribution is 0.292. The lowest BCUT2D eigenvalue weighted by Crippen LogP contribution is -2.17. The third-order valence-corrected chi connectivity index (χ3v) is 5.67. The van der Waals surface area contributed by atoms with Gasteiger partial charge in [0.1, 0.15) is 12.1 Å². The van der Waals surface area contributed by atoms with Gasteiger partial charge in [0.2, 0.25) is 0 Å². The van der Waals surface area contributed by atoms with Crippen molar-refractivity contribution in [2.24, 2.45) is 0 Å². The summed E-state index contributed by atoms with van der Waals surface area (Å²) in [4.78, 5) is 11.5. The van der Waals surface area contributed by atoms with Crippen molar-refractivity contribution in [3.05, 3.63) is 84.2 Å². The summed E-state index contributed by atoms with van der Waals surface area (Å²) in [5, 5.41) is 13.2. The second-order valence-electron chi connectivity index (χ2n) is 7.52. The zero-order chi connectivity index (χ0) is 20.3. The van der Waals surface area contributed by atoms with Crippen molar-refractivity contribution in [3.63, 3.8) is 0 Å². The van der Waals surface area contributed by atoms with Crippen molar-refractivity contribution in [3.8, 4) is 11.1 Å². The molecule has 0 atom stereocenters. The first kappa shape index (κ1) is 18.7. The summed E-state index contributed by atoms with van der Waals surface area (Å²) in [5.74, 6) is 0.957. The van der Waals surface area contributed by atoms with E-state index in [-0.39, 0.29) is 6.61 Å². The number of aliphatic hydroxyl groups is 1. The van der Waals surface area contributed by atoms with Gasteiger partial charge in [-0.2, -0.15) is 0 Å². The van der Waals surface area contributed by atoms with Gasteiger partial charge in [-0.25, -0.2) is 9.97 Å². The van der Waals surface area contributed by atoms with Gasteiger partial charge in [-0.05, 0) is 46.9 Å². The molecule has 1 aromatic heterocycles. The van der Waals surface area contributed by atoms with Crippen LogP contribution in [0.1, 0.15) is 11.1 Å². The van der Waals surface area contributed by atoms with Crippen LogP contribution in [0.25, 0.3) is 22.0 Å². The molecule has 30 heavy (non-hydrogen) atoms. The Labute approximate surface area is 176 Å². The maximum atomic E-state index is 8.96. The molecule has 5 heteroatoms. The summed E-state index contributed by atoms with van der Waals surface area (Å²) in [5.41, 5.74) is 7.24. The molecular formula is C25H24N4O. The number of nitrogens with zero attached hydrogens (tertiary/aromatic N) is 3. The minimum atomic E-state index is 0.138. The minimum Gasteiger partial charge on any atom is -0.395 e. The molecule has 0 saturated heterocycles. The van der Waals surface area contributed by atoms with Crippen molar-refractivity contribution in [1.29, 1.82) is 0 Å². The summed E-state index contributed by atoms with van der Waals surface area (Å²) in [6.07, 6.45) is 2.65. The zero-order valence-electron chi connectivity index (χ0n) is 16.8. The summed E-state index contributed by atoms with van der Waals surface area (Å²) >= 11 is 0. The Hall–Kier alpha value is -3.28. The molecule has 0 aliphatic carbocycles. The molecule has 5 rings (SSSR count). The van der Waals surface area contributed by atoms with E-state index in [9.17, 15) is 0 Å². The van der Waals surface area contributed by atoms with Gasteiger partial charge in [-0.15, -0.1) is 0 Å². The van der Waals surface area contributed by atoms with Crippen molar-refractivity contribution >= 4 is 22.4 Å². The van der Waals surface area contributed by atoms with Gasteiger partial charge in [0.05, 0.1) is 12.1 Å². The molecule has 3 aromatic carbocycles. The standard InChI is InChI=1S/C25H24N4O/c30-14-12-26-16-18-9-10-22-23(15-18)27-17-28-25(22)29-13-11-21-20(7-4-8-24(21)29)19-5-2-1-3-6-19/h1-10,15,17,26,30H,11-14,16H2. The van der Waals surface area contributed by atoms with Crippen LogP contribution in [0.2, 0.25) is 0 Å². The Bertz CT molecular complexity index is 1180. The predicted octanol–water partition coefficient (Wildman–Crippen LogP) is 4.07. The maximum absolute atomic E-state index is 8.96. The van der Waals surface area contributed by atoms with E-state index in [2.05, 4.69) is 86.9 Å². The number of hydrogen-bond donors (Lipinski definition) is 2. The zero-order valence-corrected chi connectivity index (χ0v) is 16.8. The largest absolute Gasteiger partial charge is 0.395 e. The van der Waals surface area contributed by atoms with Crippen molar-refractivity contribution < 1.29 is 5.11 Å². The topological polar surface area (TPSA) is 61.3 Å². The van der Waals surface area contributed by atoms with Crippen LogP contribution >= 0.6 is 0 Å². The average Bonchev–Trinajstić information content (AvgIpc) is 3.23. The quantitative estimate of drug-likeness (QED) is 0.481. The van der Waals surface area contributed by atoms with Crippen LogP contribution < -0.4 is 10.2 Å². The van der Waals surface area contributed by atoms with Crippen molar-refractivity contribution in [2.75, 3.05) is 24.6 Å². The number of fused-ring (bicyclic) bond motifs is 2. The van der Waals surface area contributed by atoms with Gasteiger partial charge < -0.3 is 15.3 Å². The number of anilines is 2. The molecule has 0 saturated carbocycles. The Kier molecular flexibility index (Phi) is 5.13. The molecule has 0 bridgehead atoms. The van der Waals surface area contributed by atoms with Gasteiger partial charge in [-0.1, -0.05) is 48.5 Å². The number of benzene rings is 3. The minimum absolute atomic E-state index is 0.138. The second-order valence-corrected chi connectivity index (χ2v) is 7.52. The van der Waals surface area contributed by atoms with E-state index in [1.165, 1.54) is 22.4 Å². The molecule has 2 N–H and O–H groups in total. The molecule has 1 aliphatic rings. The number of nitrogens with one attached hydrogen (secondary N) is 1. The predicted molar refractivity (Wildman–Crippen MR) is 121 cm³/mol. The summed E-state index contributed by atoms with van der Waals surface area (Å²) in [6, 6.07) is 23.4. The van der Waals surface area contributed by atoms with E-state index in [1.54, 1.807) is 6.33 Å². The van der Waals surface area contributed by atoms with E-state index >= 15 is 0 Å². The molecule has 0 amide bonds. The fourth-order valence-corrected chi connectivity index (χ4v) is 4.27. The molecule has 4 aromatic rings. The average molecular weight is 396 g/mol. The van der Waals surface area contributed by atoms with Crippen LogP contribution in [-0.4, -0.2) is 34.8 Å². The molecule has 0 unspecified atom stereocenters. The molecule has 0 radical (unpaired) electrons. The Morgan fingerprint density at radius 1 is 0.967 bits per heavy atom. The normalized spacial score (nSPS) is 13.0. The molecule has 150 valence electrons. The van der Waals surface area contributed by atoms with E-state index in [4.69, 9.17) is 5.11 Å². The first-order valence-electron chi connectivity index (χ1n) is 10.4. The maximum Gasteiger partial charge on any atom is 0.144 e. The van der Waals surface area contributed by atoms with E-state index in [0.717, 1.165) is 35.2 Å². The fraction of sp³-hybridized carbons (Fsp3) is 0.200. The van der Waals surface area contributed by atoms with Crippen LogP contribution in [0.3, 0.4) is 0 Å². The molecule has 5 nitrogen and oxygen atoms in total. The fourth-order valence-electron chi connectivity index (χ4n) is 4.27. The van der Waals surface area contributed by atoms with Gasteiger partial charge in [0, 0.05) is 30.7 Å². The van der Waals surface area contributed by atoms with Gasteiger partial charge in [0.15, 0.2) is 0 Å². The Morgan fingerprint density at radius 3 is 2.73 bits per heavy atom. The number of rotatable bonds is 6. The SMILES string of the molecule is OCCNCc1ccc2c(N3CCc4c(-c5ccccc5)cccc43)ncnc2c1.